The number of nitrogens with one attached hydrogen (secondary N) is 2. The normalized spacial score (nSPS) is 14.0. The molecular formula is C20H30N4O2. The Morgan fingerprint density at radius 1 is 1.27 bits per heavy atom. The Labute approximate surface area is 155 Å². The Morgan fingerprint density at radius 3 is 2.65 bits per heavy atom. The van der Waals surface area contributed by atoms with Crippen LogP contribution in [0.5, 0.6) is 0 Å². The molecule has 1 unspecified atom stereocenters. The van der Waals surface area contributed by atoms with Crippen LogP contribution >= 0.6 is 0 Å². The average molecular weight is 358 g/mol. The van der Waals surface area contributed by atoms with E-state index < -0.39 is 5.60 Å². The van der Waals surface area contributed by atoms with Crippen LogP contribution in [0.25, 0.3) is 0 Å². The molecule has 1 aromatic carbocycles. The summed E-state index contributed by atoms with van der Waals surface area (Å²) in [5.74, 6) is 1.18. The van der Waals surface area contributed by atoms with E-state index in [1.165, 1.54) is 5.56 Å². The number of aliphatic imine (C=N–C) groups is 1. The topological polar surface area (TPSA) is 73.0 Å². The summed E-state index contributed by atoms with van der Waals surface area (Å²) in [7, 11) is 4.07. The smallest absolute Gasteiger partial charge is 0.191 e. The summed E-state index contributed by atoms with van der Waals surface area (Å²) in [5.41, 5.74) is 2.42. The molecular weight excluding hydrogens is 328 g/mol. The molecule has 0 aliphatic heterocycles. The van der Waals surface area contributed by atoms with Crippen molar-refractivity contribution in [3.8, 4) is 0 Å². The summed E-state index contributed by atoms with van der Waals surface area (Å²) in [4.78, 5) is 6.76. The Hall–Kier alpha value is -2.47. The number of aliphatic hydroxyl groups is 1. The van der Waals surface area contributed by atoms with Crippen molar-refractivity contribution in [2.24, 2.45) is 4.99 Å². The maximum Gasteiger partial charge on any atom is 0.191 e. The number of furan rings is 1. The van der Waals surface area contributed by atoms with Gasteiger partial charge in [-0.25, -0.2) is 4.99 Å². The quantitative estimate of drug-likeness (QED) is 0.524. The van der Waals surface area contributed by atoms with Crippen LogP contribution in [0.1, 0.15) is 30.7 Å². The summed E-state index contributed by atoms with van der Waals surface area (Å²) < 4.78 is 5.32. The maximum atomic E-state index is 10.6. The number of anilines is 1. The molecule has 2 rings (SSSR count). The molecule has 142 valence electrons. The van der Waals surface area contributed by atoms with Crippen molar-refractivity contribution in [3.63, 3.8) is 0 Å². The zero-order valence-corrected chi connectivity index (χ0v) is 16.3. The molecule has 0 radical (unpaired) electrons. The number of aryl methyl sites for hydroxylation is 1. The highest BCUT2D eigenvalue weighted by molar-refractivity contribution is 5.80. The molecule has 0 bridgehead atoms. The van der Waals surface area contributed by atoms with Crippen molar-refractivity contribution >= 4 is 11.6 Å². The van der Waals surface area contributed by atoms with E-state index in [-0.39, 0.29) is 0 Å². The van der Waals surface area contributed by atoms with Gasteiger partial charge in [0, 0.05) is 26.3 Å². The second kappa shape index (κ2) is 8.76. The van der Waals surface area contributed by atoms with E-state index in [4.69, 9.17) is 4.42 Å². The summed E-state index contributed by atoms with van der Waals surface area (Å²) in [6.07, 6.45) is 1.56. The van der Waals surface area contributed by atoms with Crippen LogP contribution in [0.2, 0.25) is 0 Å². The lowest BCUT2D eigenvalue weighted by atomic mass is 10.0. The fourth-order valence-corrected chi connectivity index (χ4v) is 2.66. The fourth-order valence-electron chi connectivity index (χ4n) is 2.66. The number of nitrogens with zero attached hydrogens (tertiary/aromatic N) is 2. The zero-order chi connectivity index (χ0) is 19.2. The van der Waals surface area contributed by atoms with Gasteiger partial charge in [0.25, 0.3) is 0 Å². The van der Waals surface area contributed by atoms with Crippen molar-refractivity contribution < 1.29 is 9.52 Å². The van der Waals surface area contributed by atoms with Crippen molar-refractivity contribution in [1.29, 1.82) is 0 Å². The highest BCUT2D eigenvalue weighted by Gasteiger charge is 2.26. The lowest BCUT2D eigenvalue weighted by molar-refractivity contribution is 0.0386. The van der Waals surface area contributed by atoms with Gasteiger partial charge in [-0.2, -0.15) is 0 Å². The third kappa shape index (κ3) is 5.26. The lowest BCUT2D eigenvalue weighted by Crippen LogP contribution is -2.44. The molecule has 0 saturated heterocycles. The molecule has 26 heavy (non-hydrogen) atoms. The molecule has 6 nitrogen and oxygen atoms in total. The van der Waals surface area contributed by atoms with Gasteiger partial charge < -0.3 is 25.1 Å². The van der Waals surface area contributed by atoms with E-state index >= 15 is 0 Å². The third-order valence-corrected chi connectivity index (χ3v) is 4.13. The molecule has 0 aliphatic rings. The second-order valence-corrected chi connectivity index (χ2v) is 6.83. The van der Waals surface area contributed by atoms with Crippen LogP contribution < -0.4 is 15.5 Å². The van der Waals surface area contributed by atoms with Crippen LogP contribution in [0.15, 0.2) is 46.0 Å². The lowest BCUT2D eigenvalue weighted by Gasteiger charge is -2.23. The third-order valence-electron chi connectivity index (χ3n) is 4.13. The standard InChI is InChI=1S/C20H30N4O2/c1-6-21-19(23-14-20(3,25)18-8-7-11-26-18)22-13-16-10-9-15(2)12-17(16)24(4)5/h7-12,25H,6,13-14H2,1-5H3,(H2,21,22,23). The summed E-state index contributed by atoms with van der Waals surface area (Å²) in [6, 6.07) is 9.90. The van der Waals surface area contributed by atoms with E-state index in [2.05, 4.69) is 45.6 Å². The predicted molar refractivity (Wildman–Crippen MR) is 107 cm³/mol. The van der Waals surface area contributed by atoms with E-state index in [1.807, 2.05) is 21.0 Å². The fraction of sp³-hybridized carbons (Fsp3) is 0.450. The highest BCUT2D eigenvalue weighted by atomic mass is 16.4. The molecule has 0 saturated carbocycles. The molecule has 1 aromatic heterocycles. The molecule has 2 aromatic rings. The van der Waals surface area contributed by atoms with Crippen LogP contribution in [0.4, 0.5) is 5.69 Å². The molecule has 0 amide bonds. The van der Waals surface area contributed by atoms with E-state index in [0.29, 0.717) is 24.8 Å². The summed E-state index contributed by atoms with van der Waals surface area (Å²) in [6.45, 7) is 7.39. The van der Waals surface area contributed by atoms with Gasteiger partial charge in [0.05, 0.1) is 19.4 Å². The monoisotopic (exact) mass is 358 g/mol. The minimum atomic E-state index is -1.11. The number of guanidine groups is 1. The van der Waals surface area contributed by atoms with Gasteiger partial charge in [0.2, 0.25) is 0 Å². The van der Waals surface area contributed by atoms with Crippen LogP contribution in [-0.4, -0.2) is 38.3 Å². The SMILES string of the molecule is CCNC(=NCc1ccc(C)cc1N(C)C)NCC(C)(O)c1ccco1. The first-order valence-corrected chi connectivity index (χ1v) is 8.89. The van der Waals surface area contributed by atoms with Crippen LogP contribution in [-0.2, 0) is 12.1 Å². The van der Waals surface area contributed by atoms with Gasteiger partial charge in [-0.3, -0.25) is 0 Å². The summed E-state index contributed by atoms with van der Waals surface area (Å²) in [5, 5.41) is 17.0. The van der Waals surface area contributed by atoms with Crippen LogP contribution in [0, 0.1) is 6.92 Å². The first-order chi connectivity index (χ1) is 12.3. The number of rotatable bonds is 7. The van der Waals surface area contributed by atoms with Gasteiger partial charge in [0.1, 0.15) is 11.4 Å². The molecule has 1 heterocycles. The van der Waals surface area contributed by atoms with E-state index in [1.54, 1.807) is 25.3 Å². The predicted octanol–water partition coefficient (Wildman–Crippen LogP) is 2.62. The first kappa shape index (κ1) is 19.8. The summed E-state index contributed by atoms with van der Waals surface area (Å²) >= 11 is 0. The Morgan fingerprint density at radius 2 is 2.04 bits per heavy atom. The highest BCUT2D eigenvalue weighted by Crippen LogP contribution is 2.21. The largest absolute Gasteiger partial charge is 0.466 e. The minimum Gasteiger partial charge on any atom is -0.466 e. The van der Waals surface area contributed by atoms with Crippen molar-refractivity contribution in [3.05, 3.63) is 53.5 Å². The first-order valence-electron chi connectivity index (χ1n) is 8.89. The molecule has 0 aliphatic carbocycles. The Balaban J connectivity index is 2.10. The van der Waals surface area contributed by atoms with Crippen molar-refractivity contribution in [2.45, 2.75) is 32.9 Å². The Bertz CT molecular complexity index is 721. The molecule has 6 heteroatoms. The molecule has 3 N–H and O–H groups in total. The number of hydrogen-bond donors (Lipinski definition) is 3. The molecule has 0 spiro atoms. The maximum absolute atomic E-state index is 10.6. The van der Waals surface area contributed by atoms with Gasteiger partial charge >= 0.3 is 0 Å². The van der Waals surface area contributed by atoms with E-state index in [0.717, 1.165) is 17.8 Å². The minimum absolute atomic E-state index is 0.292. The molecule has 1 atom stereocenters. The van der Waals surface area contributed by atoms with E-state index in [9.17, 15) is 5.11 Å². The number of benzene rings is 1. The average Bonchev–Trinajstić information content (AvgIpc) is 3.13. The van der Waals surface area contributed by atoms with Gasteiger partial charge in [-0.1, -0.05) is 12.1 Å². The zero-order valence-electron chi connectivity index (χ0n) is 16.3. The Kier molecular flexibility index (Phi) is 6.69. The van der Waals surface area contributed by atoms with Gasteiger partial charge in [-0.05, 0) is 50.1 Å². The van der Waals surface area contributed by atoms with Gasteiger partial charge in [-0.15, -0.1) is 0 Å². The second-order valence-electron chi connectivity index (χ2n) is 6.83. The van der Waals surface area contributed by atoms with Crippen molar-refractivity contribution in [2.75, 3.05) is 32.1 Å². The van der Waals surface area contributed by atoms with Crippen molar-refractivity contribution in [1.82, 2.24) is 10.6 Å². The van der Waals surface area contributed by atoms with Gasteiger partial charge in [0.15, 0.2) is 5.96 Å². The number of hydrogen-bond acceptors (Lipinski definition) is 4. The molecule has 0 fully saturated rings. The van der Waals surface area contributed by atoms with Crippen LogP contribution in [0.3, 0.4) is 0 Å².